The molecular weight excluding hydrogens is 447 g/mol. The minimum Gasteiger partial charge on any atom is -0.390 e. The summed E-state index contributed by atoms with van der Waals surface area (Å²) < 4.78 is 95.2. The Bertz CT molecular complexity index is 1030. The number of amides is 1. The molecule has 4 atom stereocenters. The second kappa shape index (κ2) is 8.32. The fourth-order valence-corrected chi connectivity index (χ4v) is 5.36. The van der Waals surface area contributed by atoms with E-state index in [-0.39, 0.29) is 18.5 Å². The van der Waals surface area contributed by atoms with Gasteiger partial charge < -0.3 is 10.4 Å². The van der Waals surface area contributed by atoms with Gasteiger partial charge in [-0.2, -0.15) is 4.31 Å². The molecule has 1 aliphatic carbocycles. The van der Waals surface area contributed by atoms with E-state index in [1.165, 1.54) is 0 Å². The number of hydrogen-bond donors (Lipinski definition) is 2. The van der Waals surface area contributed by atoms with E-state index in [0.717, 1.165) is 25.2 Å². The smallest absolute Gasteiger partial charge is 0.255 e. The highest BCUT2D eigenvalue weighted by Gasteiger charge is 2.47. The van der Waals surface area contributed by atoms with Gasteiger partial charge in [-0.3, -0.25) is 4.79 Å². The standard InChI is InChI=1S/C19H19F5N2O4S/c1-19(24)4-2-10(18(28)25-11-7-12(20)17(23)13(21)8-11)6-16(19)31(29,30)26-5-3-15(27)14(22)9-26/h2,4,6-8,14-16,27H,3,5,9H2,1H3,(H,25,28). The lowest BCUT2D eigenvalue weighted by Crippen LogP contribution is -2.53. The van der Waals surface area contributed by atoms with Crippen molar-refractivity contribution in [3.8, 4) is 0 Å². The van der Waals surface area contributed by atoms with E-state index in [4.69, 9.17) is 0 Å². The molecule has 1 fully saturated rings. The first-order valence-electron chi connectivity index (χ1n) is 9.20. The number of nitrogens with zero attached hydrogens (tertiary/aromatic N) is 1. The average Bonchev–Trinajstić information content (AvgIpc) is 2.67. The minimum absolute atomic E-state index is 0.176. The highest BCUT2D eigenvalue weighted by atomic mass is 32.2. The van der Waals surface area contributed by atoms with Crippen molar-refractivity contribution in [3.63, 3.8) is 0 Å². The van der Waals surface area contributed by atoms with Crippen LogP contribution in [0.5, 0.6) is 0 Å². The molecular formula is C19H19F5N2O4S. The van der Waals surface area contributed by atoms with Gasteiger partial charge >= 0.3 is 0 Å². The lowest BCUT2D eigenvalue weighted by atomic mass is 9.94. The fourth-order valence-electron chi connectivity index (χ4n) is 3.34. The second-order valence-electron chi connectivity index (χ2n) is 7.51. The molecule has 0 spiro atoms. The molecule has 0 bridgehead atoms. The zero-order valence-corrected chi connectivity index (χ0v) is 17.0. The van der Waals surface area contributed by atoms with E-state index in [1.54, 1.807) is 0 Å². The fraction of sp³-hybridized carbons (Fsp3) is 0.421. The Morgan fingerprint density at radius 1 is 1.26 bits per heavy atom. The topological polar surface area (TPSA) is 86.7 Å². The Kier molecular flexibility index (Phi) is 6.27. The number of allylic oxidation sites excluding steroid dienone is 1. The van der Waals surface area contributed by atoms with Gasteiger partial charge in [0.05, 0.1) is 6.10 Å². The number of piperidine rings is 1. The van der Waals surface area contributed by atoms with Crippen molar-refractivity contribution in [1.82, 2.24) is 4.31 Å². The monoisotopic (exact) mass is 466 g/mol. The van der Waals surface area contributed by atoms with Crippen LogP contribution in [0.1, 0.15) is 13.3 Å². The van der Waals surface area contributed by atoms with Gasteiger partial charge in [0.2, 0.25) is 10.0 Å². The maximum Gasteiger partial charge on any atom is 0.255 e. The minimum atomic E-state index is -4.48. The van der Waals surface area contributed by atoms with E-state index in [1.807, 2.05) is 0 Å². The number of carbonyl (C=O) groups excluding carboxylic acids is 1. The van der Waals surface area contributed by atoms with Crippen LogP contribution in [0.3, 0.4) is 0 Å². The number of nitrogens with one attached hydrogen (secondary N) is 1. The van der Waals surface area contributed by atoms with Crippen molar-refractivity contribution >= 4 is 21.6 Å². The molecule has 0 radical (unpaired) electrons. The van der Waals surface area contributed by atoms with Crippen LogP contribution in [-0.4, -0.2) is 60.0 Å². The summed E-state index contributed by atoms with van der Waals surface area (Å²) in [6.45, 7) is 0.0698. The molecule has 2 N–H and O–H groups in total. The van der Waals surface area contributed by atoms with E-state index < -0.39 is 68.8 Å². The Morgan fingerprint density at radius 2 is 1.87 bits per heavy atom. The van der Waals surface area contributed by atoms with E-state index in [0.29, 0.717) is 16.4 Å². The first-order chi connectivity index (χ1) is 14.3. The van der Waals surface area contributed by atoms with E-state index in [2.05, 4.69) is 5.32 Å². The predicted octanol–water partition coefficient (Wildman–Crippen LogP) is 2.37. The molecule has 0 saturated carbocycles. The lowest BCUT2D eigenvalue weighted by Gasteiger charge is -2.37. The number of hydrogen-bond acceptors (Lipinski definition) is 4. The van der Waals surface area contributed by atoms with Crippen LogP contribution >= 0.6 is 0 Å². The van der Waals surface area contributed by atoms with Crippen LogP contribution in [-0.2, 0) is 14.8 Å². The molecule has 2 aliphatic rings. The molecule has 1 aliphatic heterocycles. The molecule has 170 valence electrons. The van der Waals surface area contributed by atoms with E-state index in [9.17, 15) is 35.9 Å². The third kappa shape index (κ3) is 4.65. The number of anilines is 1. The van der Waals surface area contributed by atoms with Crippen LogP contribution in [0.25, 0.3) is 0 Å². The number of rotatable bonds is 4. The van der Waals surface area contributed by atoms with Crippen LogP contribution in [0, 0.1) is 17.5 Å². The quantitative estimate of drug-likeness (QED) is 0.527. The van der Waals surface area contributed by atoms with Gasteiger partial charge in [-0.25, -0.2) is 30.4 Å². The van der Waals surface area contributed by atoms with Crippen molar-refractivity contribution in [3.05, 3.63) is 53.4 Å². The zero-order chi connectivity index (χ0) is 23.1. The van der Waals surface area contributed by atoms with Crippen molar-refractivity contribution in [1.29, 1.82) is 0 Å². The van der Waals surface area contributed by atoms with E-state index >= 15 is 4.39 Å². The van der Waals surface area contributed by atoms with Crippen LogP contribution in [0.2, 0.25) is 0 Å². The van der Waals surface area contributed by atoms with Crippen molar-refractivity contribution in [2.75, 3.05) is 18.4 Å². The largest absolute Gasteiger partial charge is 0.390 e. The maximum atomic E-state index is 15.0. The predicted molar refractivity (Wildman–Crippen MR) is 101 cm³/mol. The van der Waals surface area contributed by atoms with Crippen LogP contribution in [0.15, 0.2) is 35.9 Å². The Balaban J connectivity index is 1.87. The highest BCUT2D eigenvalue weighted by Crippen LogP contribution is 2.34. The summed E-state index contributed by atoms with van der Waals surface area (Å²) in [4.78, 5) is 12.4. The summed E-state index contributed by atoms with van der Waals surface area (Å²) in [5, 5.41) is 9.65. The van der Waals surface area contributed by atoms with Crippen molar-refractivity contribution in [2.45, 2.75) is 36.5 Å². The highest BCUT2D eigenvalue weighted by molar-refractivity contribution is 7.90. The molecule has 0 aromatic heterocycles. The number of halogens is 5. The molecule has 1 aromatic carbocycles. The van der Waals surface area contributed by atoms with Gasteiger partial charge in [0, 0.05) is 36.5 Å². The number of alkyl halides is 2. The van der Waals surface area contributed by atoms with Gasteiger partial charge in [-0.1, -0.05) is 6.08 Å². The summed E-state index contributed by atoms with van der Waals surface area (Å²) in [6.07, 6.45) is -0.701. The average molecular weight is 466 g/mol. The van der Waals surface area contributed by atoms with Gasteiger partial charge in [-0.05, 0) is 25.5 Å². The third-order valence-corrected chi connectivity index (χ3v) is 7.42. The summed E-state index contributed by atoms with van der Waals surface area (Å²) in [6, 6.07) is 1.05. The molecule has 1 heterocycles. The number of carbonyl (C=O) groups is 1. The summed E-state index contributed by atoms with van der Waals surface area (Å²) in [7, 11) is -4.48. The number of sulfonamides is 1. The van der Waals surface area contributed by atoms with Gasteiger partial charge in [0.15, 0.2) is 17.5 Å². The first-order valence-corrected chi connectivity index (χ1v) is 10.7. The van der Waals surface area contributed by atoms with Gasteiger partial charge in [0.25, 0.3) is 5.91 Å². The zero-order valence-electron chi connectivity index (χ0n) is 16.2. The normalized spacial score (nSPS) is 29.5. The summed E-state index contributed by atoms with van der Waals surface area (Å²) in [5.41, 5.74) is -3.21. The van der Waals surface area contributed by atoms with Crippen LogP contribution in [0.4, 0.5) is 27.6 Å². The summed E-state index contributed by atoms with van der Waals surface area (Å²) >= 11 is 0. The SMILES string of the molecule is CC1(F)C=CC(C(=O)Nc2cc(F)c(F)c(F)c2)=CC1S(=O)(=O)N1CCC(O)C(F)C1. The lowest BCUT2D eigenvalue weighted by molar-refractivity contribution is -0.112. The Morgan fingerprint density at radius 3 is 2.45 bits per heavy atom. The molecule has 1 amide bonds. The number of aliphatic hydroxyl groups is 1. The molecule has 6 nitrogen and oxygen atoms in total. The first kappa shape index (κ1) is 23.4. The van der Waals surface area contributed by atoms with Crippen molar-refractivity contribution < 1.29 is 40.3 Å². The Labute approximate surface area is 175 Å². The molecule has 31 heavy (non-hydrogen) atoms. The maximum absolute atomic E-state index is 15.0. The van der Waals surface area contributed by atoms with Gasteiger partial charge in [-0.15, -0.1) is 0 Å². The molecule has 4 unspecified atom stereocenters. The molecule has 1 saturated heterocycles. The van der Waals surface area contributed by atoms with Gasteiger partial charge in [0.1, 0.15) is 17.1 Å². The van der Waals surface area contributed by atoms with Crippen molar-refractivity contribution in [2.24, 2.45) is 0 Å². The summed E-state index contributed by atoms with van der Waals surface area (Å²) in [5.74, 6) is -5.84. The third-order valence-electron chi connectivity index (χ3n) is 5.13. The molecule has 12 heteroatoms. The molecule has 3 rings (SSSR count). The Hall–Kier alpha value is -2.31. The number of benzene rings is 1. The number of aliphatic hydroxyl groups excluding tert-OH is 1. The second-order valence-corrected chi connectivity index (χ2v) is 9.56. The molecule has 1 aromatic rings. The van der Waals surface area contributed by atoms with Crippen LogP contribution < -0.4 is 5.32 Å².